The lowest BCUT2D eigenvalue weighted by atomic mass is 9.93. The van der Waals surface area contributed by atoms with E-state index in [9.17, 15) is 14.0 Å². The summed E-state index contributed by atoms with van der Waals surface area (Å²) in [5.74, 6) is -0.488. The fourth-order valence-electron chi connectivity index (χ4n) is 3.22. The van der Waals surface area contributed by atoms with Crippen molar-refractivity contribution in [3.63, 3.8) is 0 Å². The summed E-state index contributed by atoms with van der Waals surface area (Å²) in [5.41, 5.74) is 1.24. The Bertz CT molecular complexity index is 781. The van der Waals surface area contributed by atoms with Crippen molar-refractivity contribution in [2.45, 2.75) is 38.5 Å². The van der Waals surface area contributed by atoms with Crippen molar-refractivity contribution in [3.8, 4) is 0 Å². The van der Waals surface area contributed by atoms with Crippen molar-refractivity contribution < 1.29 is 14.0 Å². The van der Waals surface area contributed by atoms with E-state index in [1.807, 2.05) is 11.8 Å². The average molecular weight is 358 g/mol. The summed E-state index contributed by atoms with van der Waals surface area (Å²) >= 11 is 0. The Morgan fingerprint density at radius 2 is 2.04 bits per heavy atom. The van der Waals surface area contributed by atoms with E-state index in [0.717, 1.165) is 38.0 Å². The number of aromatic nitrogens is 2. The average Bonchev–Trinajstić information content (AvgIpc) is 3.14. The van der Waals surface area contributed by atoms with Crippen LogP contribution in [0.2, 0.25) is 0 Å². The van der Waals surface area contributed by atoms with Gasteiger partial charge in [-0.15, -0.1) is 0 Å². The highest BCUT2D eigenvalue weighted by Gasteiger charge is 2.25. The predicted molar refractivity (Wildman–Crippen MR) is 96.4 cm³/mol. The molecule has 1 aromatic carbocycles. The number of carbonyl (C=O) groups is 2. The monoisotopic (exact) mass is 358 g/mol. The van der Waals surface area contributed by atoms with E-state index < -0.39 is 11.7 Å². The summed E-state index contributed by atoms with van der Waals surface area (Å²) in [6, 6.07) is 7.73. The highest BCUT2D eigenvalue weighted by Crippen LogP contribution is 2.27. The normalized spacial score (nSPS) is 15.1. The van der Waals surface area contributed by atoms with Gasteiger partial charge in [0, 0.05) is 31.1 Å². The van der Waals surface area contributed by atoms with Crippen molar-refractivity contribution in [1.29, 1.82) is 0 Å². The standard InChI is InChI=1S/C19H23FN4O2/c1-2-5-18(25)24-10-8-13(9-11-24)16-12-17(23-22-16)19(26)21-15-7-4-3-6-14(15)20/h3-4,6-7,12-13H,2,5,8-11H2,1H3,(H,21,26)(H,22,23). The zero-order valence-corrected chi connectivity index (χ0v) is 14.8. The Morgan fingerprint density at radius 3 is 2.73 bits per heavy atom. The van der Waals surface area contributed by atoms with Gasteiger partial charge in [0.2, 0.25) is 5.91 Å². The van der Waals surface area contributed by atoms with Crippen LogP contribution in [0.3, 0.4) is 0 Å². The first kappa shape index (κ1) is 18.1. The molecule has 0 atom stereocenters. The molecule has 0 spiro atoms. The number of hydrogen-bond donors (Lipinski definition) is 2. The predicted octanol–water partition coefficient (Wildman–Crippen LogP) is 3.31. The second-order valence-electron chi connectivity index (χ2n) is 6.55. The van der Waals surface area contributed by atoms with Gasteiger partial charge in [-0.05, 0) is 37.5 Å². The van der Waals surface area contributed by atoms with Gasteiger partial charge in [0.15, 0.2) is 5.69 Å². The minimum absolute atomic E-state index is 0.129. The zero-order chi connectivity index (χ0) is 18.5. The van der Waals surface area contributed by atoms with Crippen LogP contribution in [-0.2, 0) is 4.79 Å². The number of anilines is 1. The van der Waals surface area contributed by atoms with Crippen LogP contribution < -0.4 is 5.32 Å². The lowest BCUT2D eigenvalue weighted by Crippen LogP contribution is -2.37. The third-order valence-electron chi connectivity index (χ3n) is 4.70. The molecule has 1 aliphatic rings. The van der Waals surface area contributed by atoms with Crippen LogP contribution in [0.4, 0.5) is 10.1 Å². The van der Waals surface area contributed by atoms with Gasteiger partial charge >= 0.3 is 0 Å². The number of nitrogens with one attached hydrogen (secondary N) is 2. The Kier molecular flexibility index (Phi) is 5.65. The van der Waals surface area contributed by atoms with E-state index in [1.54, 1.807) is 18.2 Å². The van der Waals surface area contributed by atoms with Gasteiger partial charge in [0.05, 0.1) is 5.69 Å². The largest absolute Gasteiger partial charge is 0.343 e. The molecule has 2 N–H and O–H groups in total. The van der Waals surface area contributed by atoms with Crippen molar-refractivity contribution in [2.75, 3.05) is 18.4 Å². The van der Waals surface area contributed by atoms with Crippen LogP contribution in [0.1, 0.15) is 54.7 Å². The quantitative estimate of drug-likeness (QED) is 0.861. The molecule has 1 saturated heterocycles. The maximum Gasteiger partial charge on any atom is 0.276 e. The van der Waals surface area contributed by atoms with Crippen LogP contribution >= 0.6 is 0 Å². The Labute approximate surface area is 151 Å². The number of carbonyl (C=O) groups excluding carboxylic acids is 2. The molecule has 138 valence electrons. The van der Waals surface area contributed by atoms with Gasteiger partial charge in [-0.3, -0.25) is 14.7 Å². The second kappa shape index (κ2) is 8.12. The number of H-pyrrole nitrogens is 1. The van der Waals surface area contributed by atoms with Crippen molar-refractivity contribution in [2.24, 2.45) is 0 Å². The summed E-state index contributed by atoms with van der Waals surface area (Å²) in [5, 5.41) is 9.51. The van der Waals surface area contributed by atoms with Gasteiger partial charge in [0.25, 0.3) is 5.91 Å². The highest BCUT2D eigenvalue weighted by molar-refractivity contribution is 6.02. The minimum Gasteiger partial charge on any atom is -0.343 e. The molecular formula is C19H23FN4O2. The third-order valence-corrected chi connectivity index (χ3v) is 4.70. The van der Waals surface area contributed by atoms with Gasteiger partial charge in [-0.1, -0.05) is 19.1 Å². The number of likely N-dealkylation sites (tertiary alicyclic amines) is 1. The van der Waals surface area contributed by atoms with Gasteiger partial charge in [-0.25, -0.2) is 4.39 Å². The van der Waals surface area contributed by atoms with E-state index in [4.69, 9.17) is 0 Å². The fourth-order valence-corrected chi connectivity index (χ4v) is 3.22. The minimum atomic E-state index is -0.485. The summed E-state index contributed by atoms with van der Waals surface area (Å²) < 4.78 is 13.6. The van der Waals surface area contributed by atoms with E-state index in [-0.39, 0.29) is 23.2 Å². The Morgan fingerprint density at radius 1 is 1.31 bits per heavy atom. The number of benzene rings is 1. The maximum atomic E-state index is 13.6. The molecule has 6 nitrogen and oxygen atoms in total. The van der Waals surface area contributed by atoms with E-state index >= 15 is 0 Å². The van der Waals surface area contributed by atoms with Gasteiger partial charge < -0.3 is 10.2 Å². The first-order valence-corrected chi connectivity index (χ1v) is 8.97. The van der Waals surface area contributed by atoms with Crippen molar-refractivity contribution in [3.05, 3.63) is 47.5 Å². The Hall–Kier alpha value is -2.70. The molecule has 0 saturated carbocycles. The molecule has 3 rings (SSSR count). The smallest absolute Gasteiger partial charge is 0.276 e. The fraction of sp³-hybridized carbons (Fsp3) is 0.421. The van der Waals surface area contributed by atoms with Crippen LogP contribution in [0.5, 0.6) is 0 Å². The first-order valence-electron chi connectivity index (χ1n) is 8.97. The molecule has 7 heteroatoms. The number of hydrogen-bond acceptors (Lipinski definition) is 3. The van der Waals surface area contributed by atoms with Crippen LogP contribution in [0.15, 0.2) is 30.3 Å². The van der Waals surface area contributed by atoms with Crippen LogP contribution in [0, 0.1) is 5.82 Å². The van der Waals surface area contributed by atoms with Crippen molar-refractivity contribution in [1.82, 2.24) is 15.1 Å². The topological polar surface area (TPSA) is 78.1 Å². The number of nitrogens with zero attached hydrogens (tertiary/aromatic N) is 2. The van der Waals surface area contributed by atoms with Crippen LogP contribution in [0.25, 0.3) is 0 Å². The maximum absolute atomic E-state index is 13.6. The number of halogens is 1. The number of para-hydroxylation sites is 1. The number of rotatable bonds is 5. The first-order chi connectivity index (χ1) is 12.6. The summed E-state index contributed by atoms with van der Waals surface area (Å²) in [6.45, 7) is 3.45. The lowest BCUT2D eigenvalue weighted by Gasteiger charge is -2.31. The molecule has 1 aliphatic heterocycles. The Balaban J connectivity index is 1.59. The summed E-state index contributed by atoms with van der Waals surface area (Å²) in [7, 11) is 0. The molecule has 2 amide bonds. The second-order valence-corrected chi connectivity index (χ2v) is 6.55. The number of aromatic amines is 1. The molecule has 1 fully saturated rings. The van der Waals surface area contributed by atoms with Gasteiger partial charge in [-0.2, -0.15) is 5.10 Å². The molecule has 26 heavy (non-hydrogen) atoms. The molecule has 2 heterocycles. The van der Waals surface area contributed by atoms with E-state index in [2.05, 4.69) is 15.5 Å². The molecule has 0 unspecified atom stereocenters. The molecule has 1 aromatic heterocycles. The van der Waals surface area contributed by atoms with Gasteiger partial charge in [0.1, 0.15) is 5.82 Å². The molecular weight excluding hydrogens is 335 g/mol. The lowest BCUT2D eigenvalue weighted by molar-refractivity contribution is -0.132. The van der Waals surface area contributed by atoms with Crippen LogP contribution in [-0.4, -0.2) is 40.0 Å². The molecule has 0 radical (unpaired) electrons. The summed E-state index contributed by atoms with van der Waals surface area (Å²) in [6.07, 6.45) is 3.13. The zero-order valence-electron chi connectivity index (χ0n) is 14.8. The number of piperidine rings is 1. The molecule has 0 bridgehead atoms. The summed E-state index contributed by atoms with van der Waals surface area (Å²) in [4.78, 5) is 26.1. The highest BCUT2D eigenvalue weighted by atomic mass is 19.1. The van der Waals surface area contributed by atoms with E-state index in [0.29, 0.717) is 6.42 Å². The van der Waals surface area contributed by atoms with E-state index in [1.165, 1.54) is 12.1 Å². The third kappa shape index (κ3) is 4.09. The number of amides is 2. The molecule has 0 aliphatic carbocycles. The van der Waals surface area contributed by atoms with Crippen molar-refractivity contribution >= 4 is 17.5 Å². The SMILES string of the molecule is CCCC(=O)N1CCC(c2cc(C(=O)Nc3ccccc3F)n[nH]2)CC1. The molecule has 2 aromatic rings.